The van der Waals surface area contributed by atoms with Crippen molar-refractivity contribution in [3.8, 4) is 0 Å². The quantitative estimate of drug-likeness (QED) is 0.766. The molecule has 1 atom stereocenters. The number of carbonyl (C=O) groups excluding carboxylic acids is 1. The van der Waals surface area contributed by atoms with Gasteiger partial charge in [-0.3, -0.25) is 4.79 Å². The van der Waals surface area contributed by atoms with Crippen molar-refractivity contribution in [2.24, 2.45) is 0 Å². The summed E-state index contributed by atoms with van der Waals surface area (Å²) in [5, 5.41) is 0. The van der Waals surface area contributed by atoms with Crippen LogP contribution in [-0.2, 0) is 9.54 Å². The van der Waals surface area contributed by atoms with Gasteiger partial charge in [0.2, 0.25) is 0 Å². The number of thioether (sulfide) groups is 1. The van der Waals surface area contributed by atoms with Crippen molar-refractivity contribution >= 4 is 17.5 Å². The van der Waals surface area contributed by atoms with Crippen molar-refractivity contribution in [3.63, 3.8) is 0 Å². The third-order valence-electron chi connectivity index (χ3n) is 4.28. The molecule has 0 bridgehead atoms. The summed E-state index contributed by atoms with van der Waals surface area (Å²) in [6.07, 6.45) is 1.23. The van der Waals surface area contributed by atoms with Crippen LogP contribution in [0.15, 0.2) is 54.6 Å². The first-order chi connectivity index (χ1) is 10.4. The average molecular weight is 310 g/mol. The first-order valence-corrected chi connectivity index (χ1v) is 8.58. The molecule has 3 rings (SSSR count). The molecular weight excluding hydrogens is 288 g/mol. The molecule has 1 aliphatic rings. The van der Waals surface area contributed by atoms with Crippen LogP contribution in [0.5, 0.6) is 0 Å². The third kappa shape index (κ3) is 2.85. The van der Waals surface area contributed by atoms with Crippen LogP contribution in [0.3, 0.4) is 0 Å². The average Bonchev–Trinajstić information content (AvgIpc) is 2.46. The maximum Gasteiger partial charge on any atom is 0.136 e. The fraction of sp³-hybridized carbons (Fsp3) is 0.350. The highest BCUT2D eigenvalue weighted by Crippen LogP contribution is 2.55. The van der Waals surface area contributed by atoms with E-state index in [4.69, 9.17) is 0 Å². The van der Waals surface area contributed by atoms with E-state index >= 15 is 0 Å². The lowest BCUT2D eigenvalue weighted by molar-refractivity contribution is -0.120. The van der Waals surface area contributed by atoms with Crippen LogP contribution < -0.4 is 0 Å². The molecule has 2 heteroatoms. The van der Waals surface area contributed by atoms with Crippen LogP contribution in [0.4, 0.5) is 0 Å². The van der Waals surface area contributed by atoms with Gasteiger partial charge in [0.15, 0.2) is 0 Å². The molecule has 0 aliphatic carbocycles. The smallest absolute Gasteiger partial charge is 0.136 e. The summed E-state index contributed by atoms with van der Waals surface area (Å²) in [6, 6.07) is 19.1. The summed E-state index contributed by atoms with van der Waals surface area (Å²) in [5.41, 5.74) is 3.71. The van der Waals surface area contributed by atoms with E-state index in [1.807, 2.05) is 17.8 Å². The number of ketones is 1. The van der Waals surface area contributed by atoms with E-state index in [9.17, 15) is 4.79 Å². The lowest BCUT2D eigenvalue weighted by Gasteiger charge is -2.44. The van der Waals surface area contributed by atoms with Gasteiger partial charge >= 0.3 is 0 Å². The summed E-state index contributed by atoms with van der Waals surface area (Å²) in [7, 11) is 0. The van der Waals surface area contributed by atoms with Gasteiger partial charge in [0, 0.05) is 17.6 Å². The molecule has 1 fully saturated rings. The molecule has 0 unspecified atom stereocenters. The summed E-state index contributed by atoms with van der Waals surface area (Å²) < 4.78 is -0.316. The number of hydrogen-bond acceptors (Lipinski definition) is 2. The van der Waals surface area contributed by atoms with Crippen LogP contribution in [0.25, 0.3) is 0 Å². The van der Waals surface area contributed by atoms with Gasteiger partial charge in [0.25, 0.3) is 0 Å². The van der Waals surface area contributed by atoms with Gasteiger partial charge in [0.05, 0.1) is 4.75 Å². The molecule has 114 valence electrons. The Bertz CT molecular complexity index is 673. The molecule has 0 N–H and O–H groups in total. The Balaban J connectivity index is 2.18. The van der Waals surface area contributed by atoms with E-state index in [-0.39, 0.29) is 9.49 Å². The Morgan fingerprint density at radius 1 is 0.864 bits per heavy atom. The molecule has 1 heterocycles. The number of hydrogen-bond donors (Lipinski definition) is 0. The predicted octanol–water partition coefficient (Wildman–Crippen LogP) is 5.11. The molecule has 0 radical (unpaired) electrons. The zero-order chi connectivity index (χ0) is 15.8. The highest BCUT2D eigenvalue weighted by atomic mass is 32.2. The number of aryl methyl sites for hydroxylation is 1. The number of carbonyl (C=O) groups is 1. The second-order valence-electron chi connectivity index (χ2n) is 6.81. The highest BCUT2D eigenvalue weighted by molar-refractivity contribution is 8.01. The number of Topliss-reactive ketones (excluding diaryl/α,β-unsaturated/α-hetero) is 1. The highest BCUT2D eigenvalue weighted by Gasteiger charge is 2.46. The van der Waals surface area contributed by atoms with E-state index in [1.165, 1.54) is 16.7 Å². The zero-order valence-electron chi connectivity index (χ0n) is 13.4. The van der Waals surface area contributed by atoms with Crippen LogP contribution >= 0.6 is 11.8 Å². The van der Waals surface area contributed by atoms with Crippen LogP contribution in [0.2, 0.25) is 0 Å². The van der Waals surface area contributed by atoms with Crippen molar-refractivity contribution in [3.05, 3.63) is 71.3 Å². The molecule has 22 heavy (non-hydrogen) atoms. The lowest BCUT2D eigenvalue weighted by atomic mass is 9.83. The van der Waals surface area contributed by atoms with Gasteiger partial charge in [-0.15, -0.1) is 11.8 Å². The molecule has 0 aromatic heterocycles. The third-order valence-corrected chi connectivity index (χ3v) is 5.94. The second-order valence-corrected chi connectivity index (χ2v) is 8.82. The van der Waals surface area contributed by atoms with E-state index in [0.29, 0.717) is 18.6 Å². The summed E-state index contributed by atoms with van der Waals surface area (Å²) in [5.74, 6) is 0.355. The van der Waals surface area contributed by atoms with Gasteiger partial charge in [-0.25, -0.2) is 0 Å². The lowest BCUT2D eigenvalue weighted by Crippen LogP contribution is -2.40. The van der Waals surface area contributed by atoms with Crippen molar-refractivity contribution in [2.75, 3.05) is 0 Å². The first kappa shape index (κ1) is 15.4. The molecule has 0 amide bonds. The van der Waals surface area contributed by atoms with Crippen molar-refractivity contribution in [1.82, 2.24) is 0 Å². The number of rotatable bonds is 2. The molecule has 1 saturated heterocycles. The van der Waals surface area contributed by atoms with E-state index in [2.05, 4.69) is 69.3 Å². The molecule has 0 spiro atoms. The minimum Gasteiger partial charge on any atom is -0.300 e. The maximum atomic E-state index is 12.5. The molecule has 1 aliphatic heterocycles. The zero-order valence-corrected chi connectivity index (χ0v) is 14.2. The van der Waals surface area contributed by atoms with Gasteiger partial charge in [-0.2, -0.15) is 0 Å². The molecule has 2 aromatic carbocycles. The minimum atomic E-state index is -0.270. The van der Waals surface area contributed by atoms with E-state index in [0.717, 1.165) is 0 Å². The predicted molar refractivity (Wildman–Crippen MR) is 94.3 cm³/mol. The van der Waals surface area contributed by atoms with Crippen LogP contribution in [-0.4, -0.2) is 10.5 Å². The summed E-state index contributed by atoms with van der Waals surface area (Å²) in [4.78, 5) is 12.5. The first-order valence-electron chi connectivity index (χ1n) is 7.76. The summed E-state index contributed by atoms with van der Waals surface area (Å²) in [6.45, 7) is 6.46. The normalized spacial score (nSPS) is 24.2. The van der Waals surface area contributed by atoms with Crippen molar-refractivity contribution in [2.45, 2.75) is 43.1 Å². The minimum absolute atomic E-state index is 0.0456. The molecule has 0 saturated carbocycles. The van der Waals surface area contributed by atoms with Gasteiger partial charge < -0.3 is 0 Å². The summed E-state index contributed by atoms with van der Waals surface area (Å²) >= 11 is 1.93. The van der Waals surface area contributed by atoms with Gasteiger partial charge in [-0.05, 0) is 18.1 Å². The topological polar surface area (TPSA) is 17.1 Å². The van der Waals surface area contributed by atoms with E-state index in [1.54, 1.807) is 0 Å². The van der Waals surface area contributed by atoms with Gasteiger partial charge in [-0.1, -0.05) is 74.0 Å². The SMILES string of the molecule is Cc1ccc([C@]2(c3ccccc3)CC(=O)CC(C)(C)S2)cc1. The Hall–Kier alpha value is -1.54. The Labute approximate surface area is 137 Å². The maximum absolute atomic E-state index is 12.5. The van der Waals surface area contributed by atoms with Crippen LogP contribution in [0.1, 0.15) is 43.4 Å². The Morgan fingerprint density at radius 2 is 1.45 bits per heavy atom. The van der Waals surface area contributed by atoms with Crippen molar-refractivity contribution < 1.29 is 4.79 Å². The fourth-order valence-electron chi connectivity index (χ4n) is 3.38. The Kier molecular flexibility index (Phi) is 3.90. The Morgan fingerprint density at radius 3 is 2.05 bits per heavy atom. The van der Waals surface area contributed by atoms with E-state index < -0.39 is 0 Å². The number of benzene rings is 2. The standard InChI is InChI=1S/C20H22OS/c1-15-9-11-17(12-10-15)20(16-7-5-4-6-8-16)14-18(21)13-19(2,3)22-20/h4-12H,13-14H2,1-3H3/t20-/m1/s1. The molecule has 1 nitrogen and oxygen atoms in total. The van der Waals surface area contributed by atoms with Crippen molar-refractivity contribution in [1.29, 1.82) is 0 Å². The fourth-order valence-corrected chi connectivity index (χ4v) is 5.30. The largest absolute Gasteiger partial charge is 0.300 e. The van der Waals surface area contributed by atoms with Crippen LogP contribution in [0, 0.1) is 6.92 Å². The molecular formula is C20H22OS. The van der Waals surface area contributed by atoms with Gasteiger partial charge in [0.1, 0.15) is 5.78 Å². The monoisotopic (exact) mass is 310 g/mol. The molecule has 2 aromatic rings. The second kappa shape index (κ2) is 5.58.